The molecule has 0 bridgehead atoms. The molecular weight excluding hydrogens is 188 g/mol. The van der Waals surface area contributed by atoms with E-state index in [1.165, 1.54) is 5.52 Å². The summed E-state index contributed by atoms with van der Waals surface area (Å²) >= 11 is 0. The number of rotatable bonds is 3. The van der Waals surface area contributed by atoms with Crippen LogP contribution in [0.4, 0.5) is 0 Å². The molecule has 2 aromatic rings. The first kappa shape index (κ1) is 10.2. The summed E-state index contributed by atoms with van der Waals surface area (Å²) in [5, 5.41) is 8.87. The molecule has 0 amide bonds. The van der Waals surface area contributed by atoms with Crippen LogP contribution in [-0.4, -0.2) is 21.3 Å². The quantitative estimate of drug-likeness (QED) is 0.829. The average Bonchev–Trinajstić information content (AvgIpc) is 2.53. The third-order valence-corrected chi connectivity index (χ3v) is 2.72. The summed E-state index contributed by atoms with van der Waals surface area (Å²) < 4.78 is 2.19. The molecule has 0 radical (unpaired) electrons. The molecule has 1 aromatic heterocycles. The van der Waals surface area contributed by atoms with E-state index >= 15 is 0 Å². The molecule has 0 atom stereocenters. The Balaban J connectivity index is 2.54. The molecule has 15 heavy (non-hydrogen) atoms. The van der Waals surface area contributed by atoms with E-state index in [0.717, 1.165) is 23.4 Å². The molecule has 1 aromatic carbocycles. The van der Waals surface area contributed by atoms with Crippen molar-refractivity contribution in [3.63, 3.8) is 0 Å². The number of aliphatic hydroxyl groups excluding tert-OH is 1. The van der Waals surface area contributed by atoms with E-state index in [2.05, 4.69) is 34.7 Å². The van der Waals surface area contributed by atoms with Gasteiger partial charge in [-0.25, -0.2) is 4.98 Å². The molecule has 0 spiro atoms. The van der Waals surface area contributed by atoms with Crippen LogP contribution in [0.15, 0.2) is 18.2 Å². The molecule has 0 saturated heterocycles. The van der Waals surface area contributed by atoms with E-state index in [1.54, 1.807) is 0 Å². The molecular formula is C12H16N2O. The van der Waals surface area contributed by atoms with Gasteiger partial charge in [-0.3, -0.25) is 0 Å². The molecule has 1 heterocycles. The summed E-state index contributed by atoms with van der Waals surface area (Å²) in [5.41, 5.74) is 3.35. The van der Waals surface area contributed by atoms with E-state index < -0.39 is 0 Å². The Bertz CT molecular complexity index is 474. The number of aliphatic hydroxyl groups is 1. The fourth-order valence-corrected chi connectivity index (χ4v) is 1.98. The second-order valence-corrected chi connectivity index (χ2v) is 3.70. The fourth-order valence-electron chi connectivity index (χ4n) is 1.98. The highest BCUT2D eigenvalue weighted by molar-refractivity contribution is 5.76. The maximum atomic E-state index is 8.87. The summed E-state index contributed by atoms with van der Waals surface area (Å²) in [4.78, 5) is 4.51. The zero-order valence-corrected chi connectivity index (χ0v) is 9.20. The van der Waals surface area contributed by atoms with Gasteiger partial charge in [-0.15, -0.1) is 0 Å². The first-order chi connectivity index (χ1) is 7.26. The standard InChI is InChI=1S/C12H16N2O/c1-3-14-9(2)13-11-8-10(6-7-15)4-5-12(11)14/h4-5,8,15H,3,6-7H2,1-2H3. The summed E-state index contributed by atoms with van der Waals surface area (Å²) in [5.74, 6) is 1.05. The zero-order valence-electron chi connectivity index (χ0n) is 9.20. The number of fused-ring (bicyclic) bond motifs is 1. The van der Waals surface area contributed by atoms with Gasteiger partial charge in [-0.1, -0.05) is 6.07 Å². The van der Waals surface area contributed by atoms with Crippen molar-refractivity contribution in [3.8, 4) is 0 Å². The first-order valence-corrected chi connectivity index (χ1v) is 5.33. The molecule has 0 aliphatic carbocycles. The van der Waals surface area contributed by atoms with E-state index in [0.29, 0.717) is 6.42 Å². The molecule has 3 heteroatoms. The molecule has 0 aliphatic rings. The van der Waals surface area contributed by atoms with Gasteiger partial charge in [0.05, 0.1) is 11.0 Å². The Labute approximate surface area is 89.4 Å². The maximum Gasteiger partial charge on any atom is 0.106 e. The lowest BCUT2D eigenvalue weighted by Crippen LogP contribution is -1.96. The highest BCUT2D eigenvalue weighted by Gasteiger charge is 2.05. The number of hydrogen-bond donors (Lipinski definition) is 1. The SMILES string of the molecule is CCn1c(C)nc2cc(CCO)ccc21. The first-order valence-electron chi connectivity index (χ1n) is 5.33. The topological polar surface area (TPSA) is 38.0 Å². The van der Waals surface area contributed by atoms with Crippen molar-refractivity contribution in [1.82, 2.24) is 9.55 Å². The molecule has 0 aliphatic heterocycles. The predicted octanol–water partition coefficient (Wildman–Crippen LogP) is 1.90. The van der Waals surface area contributed by atoms with Crippen LogP contribution in [0.5, 0.6) is 0 Å². The molecule has 3 nitrogen and oxygen atoms in total. The van der Waals surface area contributed by atoms with Crippen molar-refractivity contribution >= 4 is 11.0 Å². The van der Waals surface area contributed by atoms with Crippen LogP contribution in [0.1, 0.15) is 18.3 Å². The second-order valence-electron chi connectivity index (χ2n) is 3.70. The van der Waals surface area contributed by atoms with Gasteiger partial charge in [0, 0.05) is 13.2 Å². The highest BCUT2D eigenvalue weighted by atomic mass is 16.2. The highest BCUT2D eigenvalue weighted by Crippen LogP contribution is 2.17. The minimum absolute atomic E-state index is 0.193. The third kappa shape index (κ3) is 1.75. The number of aromatic nitrogens is 2. The predicted molar refractivity (Wildman–Crippen MR) is 60.9 cm³/mol. The van der Waals surface area contributed by atoms with Crippen molar-refractivity contribution in [2.45, 2.75) is 26.8 Å². The normalized spacial score (nSPS) is 11.1. The van der Waals surface area contributed by atoms with Crippen molar-refractivity contribution in [2.75, 3.05) is 6.61 Å². The van der Waals surface area contributed by atoms with Gasteiger partial charge in [0.1, 0.15) is 5.82 Å². The smallest absolute Gasteiger partial charge is 0.106 e. The Morgan fingerprint density at radius 2 is 2.20 bits per heavy atom. The number of aryl methyl sites for hydroxylation is 2. The molecule has 2 rings (SSSR count). The summed E-state index contributed by atoms with van der Waals surface area (Å²) in [6.45, 7) is 5.28. The molecule has 0 fully saturated rings. The Kier molecular flexibility index (Phi) is 2.73. The van der Waals surface area contributed by atoms with Gasteiger partial charge in [0.15, 0.2) is 0 Å². The summed E-state index contributed by atoms with van der Waals surface area (Å²) in [7, 11) is 0. The van der Waals surface area contributed by atoms with Crippen LogP contribution in [0, 0.1) is 6.92 Å². The maximum absolute atomic E-state index is 8.87. The van der Waals surface area contributed by atoms with Crippen LogP contribution in [0.3, 0.4) is 0 Å². The molecule has 1 N–H and O–H groups in total. The Morgan fingerprint density at radius 1 is 1.40 bits per heavy atom. The monoisotopic (exact) mass is 204 g/mol. The zero-order chi connectivity index (χ0) is 10.8. The minimum atomic E-state index is 0.193. The van der Waals surface area contributed by atoms with Gasteiger partial charge in [0.2, 0.25) is 0 Å². The van der Waals surface area contributed by atoms with Crippen LogP contribution >= 0.6 is 0 Å². The summed E-state index contributed by atoms with van der Waals surface area (Å²) in [6.07, 6.45) is 0.702. The van der Waals surface area contributed by atoms with Gasteiger partial charge >= 0.3 is 0 Å². The average molecular weight is 204 g/mol. The third-order valence-electron chi connectivity index (χ3n) is 2.72. The Hall–Kier alpha value is -1.35. The van der Waals surface area contributed by atoms with Crippen LogP contribution in [0.25, 0.3) is 11.0 Å². The number of nitrogens with zero attached hydrogens (tertiary/aromatic N) is 2. The van der Waals surface area contributed by atoms with Crippen LogP contribution in [0.2, 0.25) is 0 Å². The van der Waals surface area contributed by atoms with E-state index in [9.17, 15) is 0 Å². The van der Waals surface area contributed by atoms with Crippen molar-refractivity contribution < 1.29 is 5.11 Å². The van der Waals surface area contributed by atoms with Gasteiger partial charge < -0.3 is 9.67 Å². The summed E-state index contributed by atoms with van der Waals surface area (Å²) in [6, 6.07) is 6.21. The van der Waals surface area contributed by atoms with E-state index in [1.807, 2.05) is 6.92 Å². The van der Waals surface area contributed by atoms with Crippen molar-refractivity contribution in [1.29, 1.82) is 0 Å². The van der Waals surface area contributed by atoms with Gasteiger partial charge in [-0.2, -0.15) is 0 Å². The lowest BCUT2D eigenvalue weighted by molar-refractivity contribution is 0.299. The van der Waals surface area contributed by atoms with Crippen LogP contribution in [-0.2, 0) is 13.0 Å². The lowest BCUT2D eigenvalue weighted by atomic mass is 10.1. The van der Waals surface area contributed by atoms with E-state index in [4.69, 9.17) is 5.11 Å². The molecule has 0 saturated carbocycles. The van der Waals surface area contributed by atoms with Crippen molar-refractivity contribution in [2.24, 2.45) is 0 Å². The Morgan fingerprint density at radius 3 is 2.87 bits per heavy atom. The molecule has 0 unspecified atom stereocenters. The lowest BCUT2D eigenvalue weighted by Gasteiger charge is -2.02. The van der Waals surface area contributed by atoms with E-state index in [-0.39, 0.29) is 6.61 Å². The number of hydrogen-bond acceptors (Lipinski definition) is 2. The van der Waals surface area contributed by atoms with Crippen molar-refractivity contribution in [3.05, 3.63) is 29.6 Å². The molecule has 80 valence electrons. The number of imidazole rings is 1. The van der Waals surface area contributed by atoms with Crippen LogP contribution < -0.4 is 0 Å². The minimum Gasteiger partial charge on any atom is -0.396 e. The number of benzene rings is 1. The largest absolute Gasteiger partial charge is 0.396 e. The van der Waals surface area contributed by atoms with Gasteiger partial charge in [0.25, 0.3) is 0 Å². The second kappa shape index (κ2) is 4.03. The van der Waals surface area contributed by atoms with Gasteiger partial charge in [-0.05, 0) is 38.0 Å². The fraction of sp³-hybridized carbons (Fsp3) is 0.417.